The molecule has 0 aliphatic rings. The molecule has 3 heteroatoms. The molecule has 0 atom stereocenters. The molecule has 0 amide bonds. The Morgan fingerprint density at radius 3 is 1.90 bits per heavy atom. The van der Waals surface area contributed by atoms with Crippen molar-refractivity contribution >= 4 is 11.6 Å². The molecular weight excluding hydrogens is 272 g/mol. The molecule has 3 rings (SSSR count). The van der Waals surface area contributed by atoms with Crippen LogP contribution in [0.5, 0.6) is 0 Å². The summed E-state index contributed by atoms with van der Waals surface area (Å²) in [6.45, 7) is 0. The van der Waals surface area contributed by atoms with Crippen molar-refractivity contribution in [1.29, 1.82) is 0 Å². The van der Waals surface area contributed by atoms with Gasteiger partial charge in [0.15, 0.2) is 5.43 Å². The quantitative estimate of drug-likeness (QED) is 0.686. The van der Waals surface area contributed by atoms with Crippen molar-refractivity contribution in [3.05, 3.63) is 82.0 Å². The van der Waals surface area contributed by atoms with Gasteiger partial charge in [0.2, 0.25) is 0 Å². The molecule has 2 aromatic carbocycles. The number of hydrogen-bond donors (Lipinski definition) is 0. The molecule has 20 heavy (non-hydrogen) atoms. The van der Waals surface area contributed by atoms with E-state index in [1.165, 1.54) is 12.1 Å². The third kappa shape index (κ3) is 2.65. The van der Waals surface area contributed by atoms with E-state index in [0.717, 1.165) is 11.1 Å². The average molecular weight is 283 g/mol. The Balaban J connectivity index is 2.12. The molecule has 0 fully saturated rings. The Labute approximate surface area is 121 Å². The number of rotatable bonds is 2. The van der Waals surface area contributed by atoms with Gasteiger partial charge in [-0.25, -0.2) is 0 Å². The van der Waals surface area contributed by atoms with Gasteiger partial charge >= 0.3 is 0 Å². The highest BCUT2D eigenvalue weighted by molar-refractivity contribution is 6.30. The maximum atomic E-state index is 11.8. The van der Waals surface area contributed by atoms with E-state index in [1.54, 1.807) is 12.1 Å². The van der Waals surface area contributed by atoms with Crippen molar-refractivity contribution in [3.8, 4) is 22.6 Å². The standard InChI is InChI=1S/C17H11ClO2/c18-14-8-6-13(7-9-14)17-11-15(19)10-16(20-17)12-4-2-1-3-5-12/h1-11H. The lowest BCUT2D eigenvalue weighted by Crippen LogP contribution is -1.98. The molecule has 0 aliphatic heterocycles. The van der Waals surface area contributed by atoms with Crippen LogP contribution in [0.3, 0.4) is 0 Å². The minimum Gasteiger partial charge on any atom is -0.456 e. The zero-order valence-electron chi connectivity index (χ0n) is 10.5. The molecule has 3 aromatic rings. The van der Waals surface area contributed by atoms with E-state index in [-0.39, 0.29) is 5.43 Å². The first-order valence-electron chi connectivity index (χ1n) is 6.19. The van der Waals surface area contributed by atoms with Crippen LogP contribution in [0, 0.1) is 0 Å². The molecule has 1 heterocycles. The van der Waals surface area contributed by atoms with Crippen molar-refractivity contribution in [2.45, 2.75) is 0 Å². The highest BCUT2D eigenvalue weighted by Gasteiger charge is 2.06. The summed E-state index contributed by atoms with van der Waals surface area (Å²) in [7, 11) is 0. The lowest BCUT2D eigenvalue weighted by molar-refractivity contribution is 0.580. The lowest BCUT2D eigenvalue weighted by atomic mass is 10.1. The largest absolute Gasteiger partial charge is 0.456 e. The van der Waals surface area contributed by atoms with E-state index in [1.807, 2.05) is 42.5 Å². The van der Waals surface area contributed by atoms with Crippen LogP contribution >= 0.6 is 11.6 Å². The molecule has 1 aromatic heterocycles. The topological polar surface area (TPSA) is 30.2 Å². The van der Waals surface area contributed by atoms with E-state index < -0.39 is 0 Å². The molecule has 0 saturated heterocycles. The first-order chi connectivity index (χ1) is 9.72. The van der Waals surface area contributed by atoms with Gasteiger partial charge in [0.05, 0.1) is 0 Å². The van der Waals surface area contributed by atoms with Crippen molar-refractivity contribution in [1.82, 2.24) is 0 Å². The van der Waals surface area contributed by atoms with Crippen molar-refractivity contribution in [2.75, 3.05) is 0 Å². The van der Waals surface area contributed by atoms with E-state index in [4.69, 9.17) is 16.0 Å². The van der Waals surface area contributed by atoms with E-state index in [9.17, 15) is 4.79 Å². The smallest absolute Gasteiger partial charge is 0.186 e. The zero-order valence-corrected chi connectivity index (χ0v) is 11.3. The Morgan fingerprint density at radius 1 is 0.750 bits per heavy atom. The molecule has 0 unspecified atom stereocenters. The molecule has 0 spiro atoms. The van der Waals surface area contributed by atoms with Crippen LogP contribution in [0.2, 0.25) is 5.02 Å². The van der Waals surface area contributed by atoms with Crippen LogP contribution in [-0.2, 0) is 0 Å². The third-order valence-electron chi connectivity index (χ3n) is 2.95. The predicted molar refractivity (Wildman–Crippen MR) is 80.9 cm³/mol. The molecule has 0 aliphatic carbocycles. The molecule has 0 N–H and O–H groups in total. The Bertz CT molecular complexity index is 774. The van der Waals surface area contributed by atoms with Crippen molar-refractivity contribution in [3.63, 3.8) is 0 Å². The monoisotopic (exact) mass is 282 g/mol. The summed E-state index contributed by atoms with van der Waals surface area (Å²) in [5, 5.41) is 0.648. The Morgan fingerprint density at radius 2 is 1.30 bits per heavy atom. The van der Waals surface area contributed by atoms with Gasteiger partial charge in [0.25, 0.3) is 0 Å². The van der Waals surface area contributed by atoms with Gasteiger partial charge < -0.3 is 4.42 Å². The van der Waals surface area contributed by atoms with Gasteiger partial charge in [-0.2, -0.15) is 0 Å². The van der Waals surface area contributed by atoms with Crippen LogP contribution in [0.4, 0.5) is 0 Å². The van der Waals surface area contributed by atoms with E-state index in [0.29, 0.717) is 16.5 Å². The van der Waals surface area contributed by atoms with Gasteiger partial charge in [0, 0.05) is 28.3 Å². The summed E-state index contributed by atoms with van der Waals surface area (Å²) in [4.78, 5) is 11.8. The van der Waals surface area contributed by atoms with Crippen LogP contribution < -0.4 is 5.43 Å². The van der Waals surface area contributed by atoms with Crippen LogP contribution in [0.15, 0.2) is 75.9 Å². The van der Waals surface area contributed by atoms with Gasteiger partial charge in [0.1, 0.15) is 11.5 Å². The fourth-order valence-corrected chi connectivity index (χ4v) is 2.10. The molecule has 2 nitrogen and oxygen atoms in total. The highest BCUT2D eigenvalue weighted by atomic mass is 35.5. The van der Waals surface area contributed by atoms with E-state index in [2.05, 4.69) is 0 Å². The van der Waals surface area contributed by atoms with Crippen molar-refractivity contribution in [2.24, 2.45) is 0 Å². The SMILES string of the molecule is O=c1cc(-c2ccccc2)oc(-c2ccc(Cl)cc2)c1. The number of benzene rings is 2. The minimum atomic E-state index is -0.0833. The maximum Gasteiger partial charge on any atom is 0.186 e. The van der Waals surface area contributed by atoms with Crippen molar-refractivity contribution < 1.29 is 4.42 Å². The van der Waals surface area contributed by atoms with Crippen LogP contribution in [0.25, 0.3) is 22.6 Å². The molecule has 0 saturated carbocycles. The first-order valence-corrected chi connectivity index (χ1v) is 6.57. The fraction of sp³-hybridized carbons (Fsp3) is 0. The first kappa shape index (κ1) is 12.7. The number of hydrogen-bond acceptors (Lipinski definition) is 2. The Kier molecular flexibility index (Phi) is 3.40. The number of halogens is 1. The summed E-state index contributed by atoms with van der Waals surface area (Å²) in [5.41, 5.74) is 1.62. The van der Waals surface area contributed by atoms with Crippen LogP contribution in [-0.4, -0.2) is 0 Å². The summed E-state index contributed by atoms with van der Waals surface area (Å²) >= 11 is 5.87. The molecule has 98 valence electrons. The Hall–Kier alpha value is -2.32. The summed E-state index contributed by atoms with van der Waals surface area (Å²) < 4.78 is 5.83. The van der Waals surface area contributed by atoms with Gasteiger partial charge in [-0.1, -0.05) is 41.9 Å². The summed E-state index contributed by atoms with van der Waals surface area (Å²) in [5.74, 6) is 1.09. The average Bonchev–Trinajstić information content (AvgIpc) is 2.48. The fourth-order valence-electron chi connectivity index (χ4n) is 1.98. The van der Waals surface area contributed by atoms with Crippen LogP contribution in [0.1, 0.15) is 0 Å². The molecule has 0 radical (unpaired) electrons. The predicted octanol–water partition coefficient (Wildman–Crippen LogP) is 4.63. The third-order valence-corrected chi connectivity index (χ3v) is 3.21. The summed E-state index contributed by atoms with van der Waals surface area (Å²) in [6.07, 6.45) is 0. The second-order valence-electron chi connectivity index (χ2n) is 4.39. The molecule has 0 bridgehead atoms. The van der Waals surface area contributed by atoms with Gasteiger partial charge in [-0.05, 0) is 24.3 Å². The normalized spacial score (nSPS) is 10.4. The van der Waals surface area contributed by atoms with E-state index >= 15 is 0 Å². The van der Waals surface area contributed by atoms with Gasteiger partial charge in [-0.3, -0.25) is 4.79 Å². The minimum absolute atomic E-state index is 0.0833. The highest BCUT2D eigenvalue weighted by Crippen LogP contribution is 2.25. The summed E-state index contributed by atoms with van der Waals surface area (Å²) in [6, 6.07) is 19.7. The second-order valence-corrected chi connectivity index (χ2v) is 4.83. The molecular formula is C17H11ClO2. The maximum absolute atomic E-state index is 11.8. The zero-order chi connectivity index (χ0) is 13.9. The van der Waals surface area contributed by atoms with Gasteiger partial charge in [-0.15, -0.1) is 0 Å². The lowest BCUT2D eigenvalue weighted by Gasteiger charge is -2.05. The second kappa shape index (κ2) is 5.35.